The monoisotopic (exact) mass is 519 g/mol. The van der Waals surface area contributed by atoms with Gasteiger partial charge in [-0.05, 0) is 62.4 Å². The summed E-state index contributed by atoms with van der Waals surface area (Å²) in [6, 6.07) is 17.7. The minimum atomic E-state index is -4.05. The van der Waals surface area contributed by atoms with Gasteiger partial charge in [0.25, 0.3) is 15.9 Å². The van der Waals surface area contributed by atoms with Crippen LogP contribution in [0.5, 0.6) is 5.75 Å². The zero-order valence-corrected chi connectivity index (χ0v) is 20.9. The molecule has 3 rings (SSSR count). The van der Waals surface area contributed by atoms with Crippen molar-refractivity contribution < 1.29 is 17.9 Å². The maximum Gasteiger partial charge on any atom is 0.264 e. The molecule has 10 heteroatoms. The number of carbonyl (C=O) groups excluding carboxylic acids is 1. The highest BCUT2D eigenvalue weighted by Gasteiger charge is 2.27. The fourth-order valence-electron chi connectivity index (χ4n) is 2.97. The van der Waals surface area contributed by atoms with Crippen LogP contribution < -0.4 is 14.5 Å². The average molecular weight is 520 g/mol. The van der Waals surface area contributed by atoms with Crippen LogP contribution >= 0.6 is 23.2 Å². The first-order valence-electron chi connectivity index (χ1n) is 10.3. The number of halogens is 2. The van der Waals surface area contributed by atoms with Crippen molar-refractivity contribution in [2.24, 2.45) is 5.10 Å². The molecule has 0 fully saturated rings. The molecule has 0 radical (unpaired) electrons. The molecule has 1 N–H and O–H groups in total. The van der Waals surface area contributed by atoms with Crippen molar-refractivity contribution in [1.29, 1.82) is 0 Å². The van der Waals surface area contributed by atoms with Crippen molar-refractivity contribution in [1.82, 2.24) is 5.43 Å². The molecule has 7 nitrogen and oxygen atoms in total. The van der Waals surface area contributed by atoms with Gasteiger partial charge in [0, 0.05) is 10.6 Å². The van der Waals surface area contributed by atoms with E-state index in [9.17, 15) is 13.2 Å². The number of aryl methyl sites for hydroxylation is 1. The molecule has 3 aromatic rings. The molecular formula is C24H23Cl2N3O4S. The minimum Gasteiger partial charge on any atom is -0.494 e. The molecule has 0 heterocycles. The maximum atomic E-state index is 13.4. The predicted molar refractivity (Wildman–Crippen MR) is 136 cm³/mol. The molecule has 0 aliphatic carbocycles. The van der Waals surface area contributed by atoms with E-state index in [1.807, 2.05) is 13.8 Å². The van der Waals surface area contributed by atoms with Gasteiger partial charge in [0.05, 0.1) is 28.4 Å². The summed E-state index contributed by atoms with van der Waals surface area (Å²) in [5, 5.41) is 4.73. The van der Waals surface area contributed by atoms with E-state index in [0.717, 1.165) is 9.87 Å². The number of nitrogens with one attached hydrogen (secondary N) is 1. The normalized spacial score (nSPS) is 11.4. The van der Waals surface area contributed by atoms with Crippen molar-refractivity contribution in [3.63, 3.8) is 0 Å². The van der Waals surface area contributed by atoms with Gasteiger partial charge in [0.15, 0.2) is 0 Å². The molecule has 1 amide bonds. The molecule has 0 saturated heterocycles. The number of rotatable bonds is 9. The van der Waals surface area contributed by atoms with E-state index in [1.165, 1.54) is 18.3 Å². The summed E-state index contributed by atoms with van der Waals surface area (Å²) in [6.45, 7) is 3.71. The Morgan fingerprint density at radius 2 is 1.74 bits per heavy atom. The van der Waals surface area contributed by atoms with Gasteiger partial charge >= 0.3 is 0 Å². The van der Waals surface area contributed by atoms with Gasteiger partial charge in [0.2, 0.25) is 0 Å². The Labute approximate surface area is 209 Å². The first kappa shape index (κ1) is 25.6. The lowest BCUT2D eigenvalue weighted by Crippen LogP contribution is -2.39. The fourth-order valence-corrected chi connectivity index (χ4v) is 4.85. The maximum absolute atomic E-state index is 13.4. The predicted octanol–water partition coefficient (Wildman–Crippen LogP) is 5.05. The number of hydrazone groups is 1. The summed E-state index contributed by atoms with van der Waals surface area (Å²) >= 11 is 12.0. The second-order valence-corrected chi connectivity index (χ2v) is 9.92. The number of anilines is 1. The van der Waals surface area contributed by atoms with Crippen LogP contribution in [0.3, 0.4) is 0 Å². The van der Waals surface area contributed by atoms with Crippen molar-refractivity contribution in [2.45, 2.75) is 18.7 Å². The van der Waals surface area contributed by atoms with E-state index >= 15 is 0 Å². The lowest BCUT2D eigenvalue weighted by atomic mass is 10.2. The fraction of sp³-hybridized carbons (Fsp3) is 0.167. The first-order valence-corrected chi connectivity index (χ1v) is 12.5. The number of nitrogens with zero attached hydrogens (tertiary/aromatic N) is 2. The molecule has 0 aliphatic rings. The molecule has 0 bridgehead atoms. The number of amides is 1. The van der Waals surface area contributed by atoms with Gasteiger partial charge < -0.3 is 4.74 Å². The molecule has 0 aromatic heterocycles. The molecular weight excluding hydrogens is 497 g/mol. The third-order valence-electron chi connectivity index (χ3n) is 4.69. The molecule has 34 heavy (non-hydrogen) atoms. The number of hydrogen-bond donors (Lipinski definition) is 1. The topological polar surface area (TPSA) is 88.1 Å². The van der Waals surface area contributed by atoms with Crippen molar-refractivity contribution in [2.75, 3.05) is 17.5 Å². The minimum absolute atomic E-state index is 0.0285. The molecule has 0 atom stereocenters. The number of carbonyl (C=O) groups is 1. The molecule has 3 aromatic carbocycles. The highest BCUT2D eigenvalue weighted by atomic mass is 35.5. The van der Waals surface area contributed by atoms with Crippen LogP contribution in [0.2, 0.25) is 10.0 Å². The zero-order chi connectivity index (χ0) is 24.7. The number of hydrogen-bond acceptors (Lipinski definition) is 5. The SMILES string of the molecule is CCOc1ccc(S(=O)(=O)N(CC(=O)N/N=C\c2ccc(Cl)cc2Cl)c2ccc(C)cc2)cc1. The quantitative estimate of drug-likeness (QED) is 0.316. The Bertz CT molecular complexity index is 1280. The largest absolute Gasteiger partial charge is 0.494 e. The van der Waals surface area contributed by atoms with Crippen LogP contribution in [-0.4, -0.2) is 33.7 Å². The van der Waals surface area contributed by atoms with Crippen LogP contribution in [0.4, 0.5) is 5.69 Å². The highest BCUT2D eigenvalue weighted by Crippen LogP contribution is 2.25. The lowest BCUT2D eigenvalue weighted by molar-refractivity contribution is -0.119. The van der Waals surface area contributed by atoms with Gasteiger partial charge in [-0.3, -0.25) is 9.10 Å². The molecule has 0 aliphatic heterocycles. The van der Waals surface area contributed by atoms with Crippen molar-refractivity contribution >= 4 is 51.0 Å². The molecule has 178 valence electrons. The smallest absolute Gasteiger partial charge is 0.264 e. The van der Waals surface area contributed by atoms with E-state index in [1.54, 1.807) is 54.6 Å². The Morgan fingerprint density at radius 1 is 1.06 bits per heavy atom. The number of sulfonamides is 1. The van der Waals surface area contributed by atoms with E-state index in [4.69, 9.17) is 27.9 Å². The van der Waals surface area contributed by atoms with E-state index in [2.05, 4.69) is 10.5 Å². The standard InChI is InChI=1S/C24H23Cl2N3O4S/c1-3-33-21-10-12-22(13-11-21)34(31,32)29(20-8-4-17(2)5-9-20)16-24(30)28-27-15-18-6-7-19(25)14-23(18)26/h4-15H,3,16H2,1-2H3,(H,28,30)/b27-15-. The number of ether oxygens (including phenoxy) is 1. The highest BCUT2D eigenvalue weighted by molar-refractivity contribution is 7.92. The summed E-state index contributed by atoms with van der Waals surface area (Å²) in [7, 11) is -4.05. The second kappa shape index (κ2) is 11.4. The Hall–Kier alpha value is -3.07. The van der Waals surface area contributed by atoms with Crippen LogP contribution in [0, 0.1) is 6.92 Å². The second-order valence-electron chi connectivity index (χ2n) is 7.21. The summed E-state index contributed by atoms with van der Waals surface area (Å²) in [4.78, 5) is 12.7. The van der Waals surface area contributed by atoms with Crippen molar-refractivity contribution in [3.8, 4) is 5.75 Å². The summed E-state index contributed by atoms with van der Waals surface area (Å²) in [6.07, 6.45) is 1.35. The van der Waals surface area contributed by atoms with E-state index in [-0.39, 0.29) is 4.90 Å². The Kier molecular flexibility index (Phi) is 8.55. The van der Waals surface area contributed by atoms with Gasteiger partial charge in [-0.25, -0.2) is 13.8 Å². The van der Waals surface area contributed by atoms with Crippen LogP contribution in [0.25, 0.3) is 0 Å². The Morgan fingerprint density at radius 3 is 2.35 bits per heavy atom. The number of benzene rings is 3. The zero-order valence-electron chi connectivity index (χ0n) is 18.5. The third-order valence-corrected chi connectivity index (χ3v) is 7.04. The third kappa shape index (κ3) is 6.50. The van der Waals surface area contributed by atoms with E-state index in [0.29, 0.717) is 33.7 Å². The first-order chi connectivity index (χ1) is 16.2. The van der Waals surface area contributed by atoms with Crippen LogP contribution in [-0.2, 0) is 14.8 Å². The summed E-state index contributed by atoms with van der Waals surface area (Å²) < 4.78 is 33.3. The summed E-state index contributed by atoms with van der Waals surface area (Å²) in [5.74, 6) is -0.0762. The van der Waals surface area contributed by atoms with Gasteiger partial charge in [-0.1, -0.05) is 47.0 Å². The molecule has 0 saturated carbocycles. The van der Waals surface area contributed by atoms with Crippen LogP contribution in [0.15, 0.2) is 76.7 Å². The lowest BCUT2D eigenvalue weighted by Gasteiger charge is -2.24. The molecule has 0 spiro atoms. The average Bonchev–Trinajstić information content (AvgIpc) is 2.80. The van der Waals surface area contributed by atoms with E-state index < -0.39 is 22.5 Å². The van der Waals surface area contributed by atoms with Crippen LogP contribution in [0.1, 0.15) is 18.1 Å². The Balaban J connectivity index is 1.83. The summed E-state index contributed by atoms with van der Waals surface area (Å²) in [5.41, 5.74) is 4.19. The van der Waals surface area contributed by atoms with Crippen molar-refractivity contribution in [3.05, 3.63) is 87.9 Å². The van der Waals surface area contributed by atoms with Gasteiger partial charge in [0.1, 0.15) is 12.3 Å². The van der Waals surface area contributed by atoms with Gasteiger partial charge in [-0.2, -0.15) is 5.10 Å². The molecule has 0 unspecified atom stereocenters. The van der Waals surface area contributed by atoms with Gasteiger partial charge in [-0.15, -0.1) is 0 Å².